The average Bonchev–Trinajstić information content (AvgIpc) is 2.87. The zero-order valence-electron chi connectivity index (χ0n) is 13.2. The van der Waals surface area contributed by atoms with E-state index in [0.717, 1.165) is 0 Å². The smallest absolute Gasteiger partial charge is 0.270 e. The minimum atomic E-state index is -1.58. The molecule has 0 bridgehead atoms. The van der Waals surface area contributed by atoms with Gasteiger partial charge in [-0.25, -0.2) is 0 Å². The van der Waals surface area contributed by atoms with Gasteiger partial charge in [0, 0.05) is 20.2 Å². The van der Waals surface area contributed by atoms with Gasteiger partial charge in [0.1, 0.15) is 30.1 Å². The number of amides is 2. The Balaban J connectivity index is 2.11. The number of aromatic nitrogens is 1. The second-order valence-electron chi connectivity index (χ2n) is 5.63. The molecule has 1 aromatic heterocycles. The van der Waals surface area contributed by atoms with E-state index in [1.165, 1.54) is 23.8 Å². The lowest BCUT2D eigenvalue weighted by Crippen LogP contribution is -2.63. The van der Waals surface area contributed by atoms with E-state index in [0.29, 0.717) is 5.69 Å². The van der Waals surface area contributed by atoms with E-state index in [1.54, 1.807) is 7.05 Å². The number of rotatable bonds is 4. The predicted molar refractivity (Wildman–Crippen MR) is 81.0 cm³/mol. The summed E-state index contributed by atoms with van der Waals surface area (Å²) in [4.78, 5) is 23.4. The number of anilines is 1. The molecule has 1 saturated heterocycles. The van der Waals surface area contributed by atoms with Gasteiger partial charge >= 0.3 is 0 Å². The predicted octanol–water partition coefficient (Wildman–Crippen LogP) is -2.49. The van der Waals surface area contributed by atoms with Crippen molar-refractivity contribution < 1.29 is 34.8 Å². The largest absolute Gasteiger partial charge is 0.394 e. The van der Waals surface area contributed by atoms with Crippen LogP contribution in [-0.2, 0) is 16.6 Å². The van der Waals surface area contributed by atoms with E-state index in [9.17, 15) is 24.9 Å². The van der Waals surface area contributed by atoms with Crippen molar-refractivity contribution in [3.63, 3.8) is 0 Å². The minimum absolute atomic E-state index is 0.177. The first kappa shape index (κ1) is 18.4. The maximum Gasteiger partial charge on any atom is 0.270 e. The molecule has 6 N–H and O–H groups in total. The van der Waals surface area contributed by atoms with Crippen LogP contribution in [0.15, 0.2) is 12.3 Å². The highest BCUT2D eigenvalue weighted by Crippen LogP contribution is 2.20. The van der Waals surface area contributed by atoms with Crippen molar-refractivity contribution in [1.29, 1.82) is 0 Å². The van der Waals surface area contributed by atoms with Gasteiger partial charge in [-0.05, 0) is 6.07 Å². The Morgan fingerprint density at radius 2 is 1.92 bits per heavy atom. The normalized spacial score (nSPS) is 30.0. The van der Waals surface area contributed by atoms with Crippen molar-refractivity contribution in [2.45, 2.75) is 37.6 Å². The molecule has 0 spiro atoms. The van der Waals surface area contributed by atoms with Crippen molar-refractivity contribution in [3.05, 3.63) is 18.0 Å². The standard InChI is InChI=1S/C14H21N3O7/c1-6(19)15-7-3-8(17(2)4-7)13(23)16-14-12(22)11(21)10(20)9(5-18)24-14/h3-4,9-12,14,18,20-22H,5H2,1-2H3,(H,15,19)(H,16,23)/t9-,10-,11+,12+,14-/m1/s1. The van der Waals surface area contributed by atoms with Crippen molar-refractivity contribution in [1.82, 2.24) is 9.88 Å². The molecule has 1 fully saturated rings. The molecule has 10 heteroatoms. The summed E-state index contributed by atoms with van der Waals surface area (Å²) < 4.78 is 6.68. The molecule has 2 heterocycles. The summed E-state index contributed by atoms with van der Waals surface area (Å²) in [5.74, 6) is -0.917. The first-order valence-electron chi connectivity index (χ1n) is 7.30. The van der Waals surface area contributed by atoms with Gasteiger partial charge in [0.25, 0.3) is 5.91 Å². The molecule has 0 aromatic carbocycles. The third-order valence-electron chi connectivity index (χ3n) is 3.72. The van der Waals surface area contributed by atoms with Crippen LogP contribution in [0.25, 0.3) is 0 Å². The molecule has 1 aliphatic heterocycles. The molecule has 0 saturated carbocycles. The highest BCUT2D eigenvalue weighted by atomic mass is 16.6. The van der Waals surface area contributed by atoms with Crippen LogP contribution in [0.1, 0.15) is 17.4 Å². The van der Waals surface area contributed by atoms with E-state index in [1.807, 2.05) is 0 Å². The van der Waals surface area contributed by atoms with Crippen LogP contribution in [0.2, 0.25) is 0 Å². The summed E-state index contributed by atoms with van der Waals surface area (Å²) in [6.07, 6.45) is -5.54. The number of hydrogen-bond acceptors (Lipinski definition) is 7. The van der Waals surface area contributed by atoms with Crippen molar-refractivity contribution >= 4 is 17.5 Å². The quantitative estimate of drug-likeness (QED) is 0.354. The summed E-state index contributed by atoms with van der Waals surface area (Å²) in [5, 5.41) is 43.4. The van der Waals surface area contributed by atoms with Crippen LogP contribution >= 0.6 is 0 Å². The third-order valence-corrected chi connectivity index (χ3v) is 3.72. The molecule has 24 heavy (non-hydrogen) atoms. The number of carbonyl (C=O) groups is 2. The van der Waals surface area contributed by atoms with Gasteiger partial charge in [-0.2, -0.15) is 0 Å². The second kappa shape index (κ2) is 7.28. The zero-order chi connectivity index (χ0) is 18.0. The van der Waals surface area contributed by atoms with Gasteiger partial charge in [-0.15, -0.1) is 0 Å². The Bertz CT molecular complexity index is 616. The molecule has 0 unspecified atom stereocenters. The molecular weight excluding hydrogens is 322 g/mol. The molecule has 0 radical (unpaired) electrons. The lowest BCUT2D eigenvalue weighted by atomic mass is 9.98. The van der Waals surface area contributed by atoms with Gasteiger partial charge in [0.2, 0.25) is 5.91 Å². The van der Waals surface area contributed by atoms with Crippen LogP contribution in [0.5, 0.6) is 0 Å². The minimum Gasteiger partial charge on any atom is -0.394 e. The van der Waals surface area contributed by atoms with E-state index in [-0.39, 0.29) is 11.6 Å². The number of hydrogen-bond donors (Lipinski definition) is 6. The highest BCUT2D eigenvalue weighted by Gasteiger charge is 2.44. The topological polar surface area (TPSA) is 153 Å². The fourth-order valence-electron chi connectivity index (χ4n) is 2.49. The second-order valence-corrected chi connectivity index (χ2v) is 5.63. The Hall–Kier alpha value is -1.98. The SMILES string of the molecule is CC(=O)Nc1cc(C(=O)N[C@@H]2O[C@H](CO)[C@@H](O)[C@H](O)[C@@H]2O)n(C)c1. The Morgan fingerprint density at radius 3 is 2.50 bits per heavy atom. The molecule has 0 aliphatic carbocycles. The first-order chi connectivity index (χ1) is 11.2. The fourth-order valence-corrected chi connectivity index (χ4v) is 2.49. The number of nitrogens with one attached hydrogen (secondary N) is 2. The Labute approximate surface area is 137 Å². The summed E-state index contributed by atoms with van der Waals surface area (Å²) in [6, 6.07) is 1.43. The molecule has 134 valence electrons. The molecule has 1 aromatic rings. The third kappa shape index (κ3) is 3.74. The number of aliphatic hydroxyl groups is 4. The summed E-state index contributed by atoms with van der Waals surface area (Å²) in [7, 11) is 1.59. The average molecular weight is 343 g/mol. The maximum atomic E-state index is 12.3. The Morgan fingerprint density at radius 1 is 1.25 bits per heavy atom. The fraction of sp³-hybridized carbons (Fsp3) is 0.571. The molecule has 5 atom stereocenters. The molecule has 2 rings (SSSR count). The van der Waals surface area contributed by atoms with Gasteiger partial charge in [-0.1, -0.05) is 0 Å². The number of nitrogens with zero attached hydrogens (tertiary/aromatic N) is 1. The van der Waals surface area contributed by atoms with Crippen molar-refractivity contribution in [2.75, 3.05) is 11.9 Å². The lowest BCUT2D eigenvalue weighted by molar-refractivity contribution is -0.233. The number of aryl methyl sites for hydroxylation is 1. The monoisotopic (exact) mass is 343 g/mol. The van der Waals surface area contributed by atoms with Gasteiger partial charge in [0.05, 0.1) is 12.3 Å². The van der Waals surface area contributed by atoms with Gasteiger partial charge < -0.3 is 40.4 Å². The zero-order valence-corrected chi connectivity index (χ0v) is 13.2. The summed E-state index contributed by atoms with van der Waals surface area (Å²) >= 11 is 0. The highest BCUT2D eigenvalue weighted by molar-refractivity contribution is 5.96. The molecule has 1 aliphatic rings. The van der Waals surface area contributed by atoms with Gasteiger partial charge in [0.15, 0.2) is 6.23 Å². The summed E-state index contributed by atoms with van der Waals surface area (Å²) in [6.45, 7) is 0.745. The van der Waals surface area contributed by atoms with E-state index in [4.69, 9.17) is 9.84 Å². The van der Waals surface area contributed by atoms with Crippen LogP contribution in [0, 0.1) is 0 Å². The van der Waals surface area contributed by atoms with E-state index in [2.05, 4.69) is 10.6 Å². The van der Waals surface area contributed by atoms with Crippen LogP contribution in [0.4, 0.5) is 5.69 Å². The van der Waals surface area contributed by atoms with E-state index < -0.39 is 43.2 Å². The van der Waals surface area contributed by atoms with Gasteiger partial charge in [-0.3, -0.25) is 9.59 Å². The number of aliphatic hydroxyl groups excluding tert-OH is 4. The first-order valence-corrected chi connectivity index (χ1v) is 7.30. The van der Waals surface area contributed by atoms with Crippen LogP contribution < -0.4 is 10.6 Å². The molecule has 10 nitrogen and oxygen atoms in total. The Kier molecular flexibility index (Phi) is 5.57. The molecule has 2 amide bonds. The number of ether oxygens (including phenoxy) is 1. The summed E-state index contributed by atoms with van der Waals surface area (Å²) in [5.41, 5.74) is 0.597. The van der Waals surface area contributed by atoms with Crippen LogP contribution in [0.3, 0.4) is 0 Å². The lowest BCUT2D eigenvalue weighted by Gasteiger charge is -2.40. The van der Waals surface area contributed by atoms with E-state index >= 15 is 0 Å². The van der Waals surface area contributed by atoms with Crippen molar-refractivity contribution in [2.24, 2.45) is 7.05 Å². The van der Waals surface area contributed by atoms with Crippen molar-refractivity contribution in [3.8, 4) is 0 Å². The number of carbonyl (C=O) groups excluding carboxylic acids is 2. The maximum absolute atomic E-state index is 12.3. The van der Waals surface area contributed by atoms with Crippen LogP contribution in [-0.4, -0.2) is 74.1 Å². The molecular formula is C14H21N3O7.